The molecule has 13 aromatic rings. The molecule has 0 fully saturated rings. The Morgan fingerprint density at radius 3 is 0.887 bits per heavy atom. The number of hydrogen-bond donors (Lipinski definition) is 0. The first-order valence-corrected chi connectivity index (χ1v) is 27.6. The number of anilines is 3. The first-order chi connectivity index (χ1) is 39.7. The van der Waals surface area contributed by atoms with Crippen molar-refractivity contribution in [1.29, 1.82) is 0 Å². The van der Waals surface area contributed by atoms with Gasteiger partial charge in [0.2, 0.25) is 0 Å². The van der Waals surface area contributed by atoms with Crippen LogP contribution < -0.4 is 4.90 Å². The predicted octanol–water partition coefficient (Wildman–Crippen LogP) is 21.2. The fourth-order valence-electron chi connectivity index (χ4n) is 12.3. The molecule has 0 bridgehead atoms. The van der Waals surface area contributed by atoms with E-state index in [1.165, 1.54) is 89.0 Å². The van der Waals surface area contributed by atoms with Gasteiger partial charge in [-0.05, 0) is 142 Å². The molecular weight excluding hydrogens is 963 g/mol. The van der Waals surface area contributed by atoms with Gasteiger partial charge in [-0.3, -0.25) is 0 Å². The summed E-state index contributed by atoms with van der Waals surface area (Å²) in [7, 11) is 0. The Bertz CT molecular complexity index is 4080. The van der Waals surface area contributed by atoms with E-state index in [4.69, 9.17) is 0 Å². The molecule has 0 saturated heterocycles. The van der Waals surface area contributed by atoms with Crippen LogP contribution in [0.2, 0.25) is 0 Å². The molecule has 0 atom stereocenters. The summed E-state index contributed by atoms with van der Waals surface area (Å²) < 4.78 is 0. The van der Waals surface area contributed by atoms with Gasteiger partial charge < -0.3 is 4.90 Å². The summed E-state index contributed by atoms with van der Waals surface area (Å²) in [4.78, 5) is 2.49. The van der Waals surface area contributed by atoms with Crippen molar-refractivity contribution in [1.82, 2.24) is 0 Å². The van der Waals surface area contributed by atoms with Crippen molar-refractivity contribution in [2.24, 2.45) is 0 Å². The van der Waals surface area contributed by atoms with Crippen LogP contribution >= 0.6 is 0 Å². The van der Waals surface area contributed by atoms with Gasteiger partial charge in [-0.25, -0.2) is 0 Å². The van der Waals surface area contributed by atoms with E-state index in [0.29, 0.717) is 0 Å². The smallest absolute Gasteiger partial charge is 0.0714 e. The summed E-state index contributed by atoms with van der Waals surface area (Å²) >= 11 is 0. The molecule has 0 heterocycles. The zero-order valence-electron chi connectivity index (χ0n) is 44.2. The van der Waals surface area contributed by atoms with Crippen LogP contribution in [0.4, 0.5) is 17.1 Å². The number of rotatable bonds is 12. The third-order valence-corrected chi connectivity index (χ3v) is 16.2. The first-order valence-electron chi connectivity index (χ1n) is 27.6. The third kappa shape index (κ3) is 8.72. The molecule has 1 heteroatoms. The van der Waals surface area contributed by atoms with E-state index < -0.39 is 5.41 Å². The van der Waals surface area contributed by atoms with Gasteiger partial charge in [-0.1, -0.05) is 297 Å². The predicted molar refractivity (Wildman–Crippen MR) is 336 cm³/mol. The number of nitrogens with zero attached hydrogens (tertiary/aromatic N) is 1. The van der Waals surface area contributed by atoms with E-state index in [1.807, 2.05) is 0 Å². The lowest BCUT2D eigenvalue weighted by Crippen LogP contribution is -2.28. The summed E-state index contributed by atoms with van der Waals surface area (Å²) in [6, 6.07) is 122. The van der Waals surface area contributed by atoms with E-state index >= 15 is 0 Å². The average molecular weight is 1020 g/mol. The van der Waals surface area contributed by atoms with Gasteiger partial charge in [0, 0.05) is 16.9 Å². The van der Waals surface area contributed by atoms with Crippen molar-refractivity contribution in [3.63, 3.8) is 0 Å². The zero-order valence-corrected chi connectivity index (χ0v) is 44.2. The summed E-state index contributed by atoms with van der Waals surface area (Å²) in [5, 5.41) is 0. The minimum Gasteiger partial charge on any atom is -0.310 e. The fraction of sp³-hybridized carbons (Fsp3) is 0.0127. The quantitative estimate of drug-likeness (QED) is 0.118. The molecule has 0 radical (unpaired) electrons. The number of fused-ring (bicyclic) bond motifs is 3. The molecule has 0 amide bonds. The van der Waals surface area contributed by atoms with Crippen LogP contribution in [0, 0.1) is 0 Å². The van der Waals surface area contributed by atoms with Crippen LogP contribution in [-0.4, -0.2) is 0 Å². The highest BCUT2D eigenvalue weighted by molar-refractivity contribution is 5.97. The molecule has 0 aliphatic heterocycles. The van der Waals surface area contributed by atoms with Gasteiger partial charge in [0.15, 0.2) is 0 Å². The van der Waals surface area contributed by atoms with Crippen LogP contribution in [0.25, 0.3) is 89.0 Å². The van der Waals surface area contributed by atoms with Crippen LogP contribution in [0.15, 0.2) is 334 Å². The van der Waals surface area contributed by atoms with Crippen LogP contribution in [0.3, 0.4) is 0 Å². The molecule has 14 rings (SSSR count). The van der Waals surface area contributed by atoms with Gasteiger partial charge in [0.1, 0.15) is 0 Å². The van der Waals surface area contributed by atoms with Crippen molar-refractivity contribution in [3.05, 3.63) is 356 Å². The maximum atomic E-state index is 2.52. The molecule has 1 nitrogen and oxygen atoms in total. The minimum absolute atomic E-state index is 0.607. The normalized spacial score (nSPS) is 12.1. The highest BCUT2D eigenvalue weighted by atomic mass is 15.1. The molecular formula is C79H55N. The second-order valence-electron chi connectivity index (χ2n) is 20.7. The van der Waals surface area contributed by atoms with Crippen molar-refractivity contribution in [2.75, 3.05) is 4.90 Å². The molecule has 0 saturated carbocycles. The Labute approximate surface area is 469 Å². The Balaban J connectivity index is 0.975. The lowest BCUT2D eigenvalue weighted by atomic mass is 9.67. The molecule has 0 spiro atoms. The lowest BCUT2D eigenvalue weighted by molar-refractivity contribution is 0.768. The minimum atomic E-state index is -0.607. The summed E-state index contributed by atoms with van der Waals surface area (Å²) in [6.07, 6.45) is 0. The van der Waals surface area contributed by atoms with Crippen LogP contribution in [0.5, 0.6) is 0 Å². The Morgan fingerprint density at radius 2 is 0.475 bits per heavy atom. The maximum absolute atomic E-state index is 2.52. The molecule has 13 aromatic carbocycles. The molecule has 0 unspecified atom stereocenters. The van der Waals surface area contributed by atoms with E-state index in [1.54, 1.807) is 0 Å². The second-order valence-corrected chi connectivity index (χ2v) is 20.7. The van der Waals surface area contributed by atoms with Crippen molar-refractivity contribution in [3.8, 4) is 89.0 Å². The topological polar surface area (TPSA) is 3.24 Å². The maximum Gasteiger partial charge on any atom is 0.0714 e. The van der Waals surface area contributed by atoms with Crippen LogP contribution in [-0.2, 0) is 5.41 Å². The van der Waals surface area contributed by atoms with E-state index in [0.717, 1.165) is 39.3 Å². The van der Waals surface area contributed by atoms with Gasteiger partial charge in [-0.2, -0.15) is 0 Å². The standard InChI is InChI=1S/C79H55N/c1-6-20-56(21-7-1)58-34-38-60(39-35-58)62-46-50-69(51-47-62)80(70-52-48-63(49-53-70)61-40-36-59(37-41-61)57-22-8-2-9-23-57)78-55-77-75(73-32-18-19-33-76(73)79(77,67-26-12-4-13-27-67)68-28-14-5-15-29-68)54-74(78)66-44-42-65(43-45-66)72-31-17-16-30-71(72)64-24-10-3-11-25-64/h1-55H. The Hall–Kier alpha value is -10.3. The van der Waals surface area contributed by atoms with Gasteiger partial charge >= 0.3 is 0 Å². The highest BCUT2D eigenvalue weighted by Gasteiger charge is 2.47. The van der Waals surface area contributed by atoms with E-state index in [-0.39, 0.29) is 0 Å². The Kier molecular flexibility index (Phi) is 12.6. The summed E-state index contributed by atoms with van der Waals surface area (Å²) in [5.41, 5.74) is 26.6. The monoisotopic (exact) mass is 1020 g/mol. The first kappa shape index (κ1) is 48.1. The highest BCUT2D eigenvalue weighted by Crippen LogP contribution is 2.59. The molecule has 1 aliphatic carbocycles. The number of hydrogen-bond acceptors (Lipinski definition) is 1. The molecule has 376 valence electrons. The largest absolute Gasteiger partial charge is 0.310 e. The average Bonchev–Trinajstić information content (AvgIpc) is 3.96. The molecule has 0 aromatic heterocycles. The molecule has 0 N–H and O–H groups in total. The van der Waals surface area contributed by atoms with E-state index in [9.17, 15) is 0 Å². The third-order valence-electron chi connectivity index (χ3n) is 16.2. The van der Waals surface area contributed by atoms with Gasteiger partial charge in [-0.15, -0.1) is 0 Å². The molecule has 80 heavy (non-hydrogen) atoms. The second kappa shape index (κ2) is 20.9. The van der Waals surface area contributed by atoms with Crippen molar-refractivity contribution >= 4 is 17.1 Å². The van der Waals surface area contributed by atoms with Crippen LogP contribution in [0.1, 0.15) is 22.3 Å². The SMILES string of the molecule is c1ccc(-c2ccc(-c3ccc(N(c4ccc(-c5ccc(-c6ccccc6)cc5)cc4)c4cc5c(cc4-c4ccc(-c6ccccc6-c6ccccc6)cc4)-c4ccccc4C5(c4ccccc4)c4ccccc4)cc3)cc2)cc1. The fourth-order valence-corrected chi connectivity index (χ4v) is 12.3. The van der Waals surface area contributed by atoms with Gasteiger partial charge in [0.05, 0.1) is 11.1 Å². The summed E-state index contributed by atoms with van der Waals surface area (Å²) in [6.45, 7) is 0. The van der Waals surface area contributed by atoms with Gasteiger partial charge in [0.25, 0.3) is 0 Å². The Morgan fingerprint density at radius 1 is 0.188 bits per heavy atom. The summed E-state index contributed by atoms with van der Waals surface area (Å²) in [5.74, 6) is 0. The lowest BCUT2D eigenvalue weighted by Gasteiger charge is -2.35. The zero-order chi connectivity index (χ0) is 53.2. The van der Waals surface area contributed by atoms with E-state index in [2.05, 4.69) is 339 Å². The van der Waals surface area contributed by atoms with Crippen molar-refractivity contribution in [2.45, 2.75) is 5.41 Å². The number of benzene rings is 13. The van der Waals surface area contributed by atoms with Crippen molar-refractivity contribution < 1.29 is 0 Å². The molecule has 1 aliphatic rings.